The summed E-state index contributed by atoms with van der Waals surface area (Å²) >= 11 is 0. The summed E-state index contributed by atoms with van der Waals surface area (Å²) in [6.45, 7) is 3.34. The number of aromatic hydroxyl groups is 1. The van der Waals surface area contributed by atoms with Gasteiger partial charge in [-0.2, -0.15) is 0 Å². The summed E-state index contributed by atoms with van der Waals surface area (Å²) in [6.07, 6.45) is 6.33. The first-order chi connectivity index (χ1) is 12.1. The van der Waals surface area contributed by atoms with Crippen LogP contribution < -0.4 is 10.6 Å². The topological polar surface area (TPSA) is 81.7 Å². The molecule has 1 fully saturated rings. The van der Waals surface area contributed by atoms with Crippen molar-refractivity contribution in [3.8, 4) is 5.75 Å². The highest BCUT2D eigenvalue weighted by Gasteiger charge is 2.18. The van der Waals surface area contributed by atoms with Gasteiger partial charge in [-0.15, -0.1) is 0 Å². The third kappa shape index (κ3) is 6.74. The molecule has 0 saturated heterocycles. The number of hydrogen-bond acceptors (Lipinski definition) is 4. The molecule has 0 aliphatic heterocycles. The van der Waals surface area contributed by atoms with E-state index in [0.29, 0.717) is 13.1 Å². The zero-order valence-corrected chi connectivity index (χ0v) is 15.0. The molecule has 1 aliphatic rings. The number of rotatable bonds is 7. The van der Waals surface area contributed by atoms with E-state index in [1.165, 1.54) is 6.42 Å². The van der Waals surface area contributed by atoms with Gasteiger partial charge in [-0.05, 0) is 31.9 Å². The average Bonchev–Trinajstić information content (AvgIpc) is 2.57. The molecular weight excluding hydrogens is 318 g/mol. The minimum absolute atomic E-state index is 0.125. The van der Waals surface area contributed by atoms with Gasteiger partial charge >= 0.3 is 6.03 Å². The Bertz CT molecular complexity index is 571. The normalized spacial score (nSPS) is 15.1. The van der Waals surface area contributed by atoms with Gasteiger partial charge in [0, 0.05) is 18.2 Å². The third-order valence-corrected chi connectivity index (χ3v) is 4.49. The van der Waals surface area contributed by atoms with E-state index in [2.05, 4.69) is 10.6 Å². The number of para-hydroxylation sites is 1. The van der Waals surface area contributed by atoms with Crippen molar-refractivity contribution >= 4 is 11.9 Å². The van der Waals surface area contributed by atoms with Gasteiger partial charge in [0.1, 0.15) is 5.75 Å². The molecule has 0 aromatic heterocycles. The van der Waals surface area contributed by atoms with Gasteiger partial charge in [-0.3, -0.25) is 15.0 Å². The van der Waals surface area contributed by atoms with Gasteiger partial charge in [0.2, 0.25) is 5.91 Å². The quantitative estimate of drug-likeness (QED) is 0.708. The minimum atomic E-state index is -0.407. The highest BCUT2D eigenvalue weighted by atomic mass is 16.3. The monoisotopic (exact) mass is 347 g/mol. The van der Waals surface area contributed by atoms with E-state index < -0.39 is 6.03 Å². The SMILES string of the molecule is CCCN(CC(=O)NC(=O)NC1CCCCC1)Cc1ccccc1O. The predicted molar refractivity (Wildman–Crippen MR) is 97.2 cm³/mol. The lowest BCUT2D eigenvalue weighted by Gasteiger charge is -2.24. The third-order valence-electron chi connectivity index (χ3n) is 4.49. The molecular formula is C19H29N3O3. The van der Waals surface area contributed by atoms with Crippen molar-refractivity contribution in [1.82, 2.24) is 15.5 Å². The van der Waals surface area contributed by atoms with E-state index >= 15 is 0 Å². The molecule has 1 aliphatic carbocycles. The smallest absolute Gasteiger partial charge is 0.321 e. The molecule has 3 amide bonds. The van der Waals surface area contributed by atoms with Crippen molar-refractivity contribution in [2.24, 2.45) is 0 Å². The van der Waals surface area contributed by atoms with Crippen LogP contribution in [0.5, 0.6) is 5.75 Å². The summed E-state index contributed by atoms with van der Waals surface area (Å²) in [5.74, 6) is -0.101. The summed E-state index contributed by atoms with van der Waals surface area (Å²) in [5.41, 5.74) is 0.774. The van der Waals surface area contributed by atoms with Crippen LogP contribution in [0.3, 0.4) is 0 Å². The number of hydrogen-bond donors (Lipinski definition) is 3. The lowest BCUT2D eigenvalue weighted by molar-refractivity contribution is -0.121. The van der Waals surface area contributed by atoms with Crippen LogP contribution in [0.25, 0.3) is 0 Å². The Kier molecular flexibility index (Phi) is 7.73. The lowest BCUT2D eigenvalue weighted by atomic mass is 9.96. The molecule has 1 aromatic carbocycles. The number of carbonyl (C=O) groups excluding carboxylic acids is 2. The molecule has 2 rings (SSSR count). The maximum atomic E-state index is 12.2. The van der Waals surface area contributed by atoms with Crippen molar-refractivity contribution in [3.05, 3.63) is 29.8 Å². The molecule has 0 atom stereocenters. The van der Waals surface area contributed by atoms with Crippen molar-refractivity contribution < 1.29 is 14.7 Å². The van der Waals surface area contributed by atoms with E-state index in [9.17, 15) is 14.7 Å². The van der Waals surface area contributed by atoms with E-state index in [0.717, 1.165) is 37.7 Å². The minimum Gasteiger partial charge on any atom is -0.508 e. The van der Waals surface area contributed by atoms with Crippen LogP contribution in [0.2, 0.25) is 0 Å². The Labute approximate surface area is 149 Å². The first-order valence-corrected chi connectivity index (χ1v) is 9.18. The second kappa shape index (κ2) is 10.0. The van der Waals surface area contributed by atoms with Crippen LogP contribution >= 0.6 is 0 Å². The summed E-state index contributed by atoms with van der Waals surface area (Å²) in [7, 11) is 0. The fourth-order valence-electron chi connectivity index (χ4n) is 3.25. The number of urea groups is 1. The largest absolute Gasteiger partial charge is 0.508 e. The van der Waals surface area contributed by atoms with Gasteiger partial charge in [-0.1, -0.05) is 44.4 Å². The molecule has 6 nitrogen and oxygen atoms in total. The molecule has 0 spiro atoms. The Morgan fingerprint density at radius 3 is 2.60 bits per heavy atom. The molecule has 25 heavy (non-hydrogen) atoms. The summed E-state index contributed by atoms with van der Waals surface area (Å²) < 4.78 is 0. The maximum Gasteiger partial charge on any atom is 0.321 e. The Morgan fingerprint density at radius 2 is 1.92 bits per heavy atom. The van der Waals surface area contributed by atoms with E-state index in [1.54, 1.807) is 12.1 Å². The van der Waals surface area contributed by atoms with Crippen LogP contribution in [0, 0.1) is 0 Å². The van der Waals surface area contributed by atoms with Crippen molar-refractivity contribution in [3.63, 3.8) is 0 Å². The first kappa shape index (κ1) is 19.2. The number of amides is 3. The number of nitrogens with zero attached hydrogens (tertiary/aromatic N) is 1. The Balaban J connectivity index is 1.82. The van der Waals surface area contributed by atoms with Gasteiger partial charge in [0.15, 0.2) is 0 Å². The van der Waals surface area contributed by atoms with Crippen LogP contribution in [0.15, 0.2) is 24.3 Å². The number of phenols is 1. The molecule has 0 unspecified atom stereocenters. The number of phenolic OH excluding ortho intramolecular Hbond substituents is 1. The maximum absolute atomic E-state index is 12.2. The molecule has 0 bridgehead atoms. The molecule has 138 valence electrons. The second-order valence-electron chi connectivity index (χ2n) is 6.70. The fraction of sp³-hybridized carbons (Fsp3) is 0.579. The predicted octanol–water partition coefficient (Wildman–Crippen LogP) is 2.76. The molecule has 1 aromatic rings. The van der Waals surface area contributed by atoms with Gasteiger partial charge in [-0.25, -0.2) is 4.79 Å². The van der Waals surface area contributed by atoms with Crippen LogP contribution in [-0.4, -0.2) is 41.1 Å². The number of benzene rings is 1. The average molecular weight is 347 g/mol. The molecule has 3 N–H and O–H groups in total. The summed E-state index contributed by atoms with van der Waals surface area (Å²) in [4.78, 5) is 26.1. The molecule has 6 heteroatoms. The Hall–Kier alpha value is -2.08. The summed E-state index contributed by atoms with van der Waals surface area (Å²) in [6, 6.07) is 6.87. The van der Waals surface area contributed by atoms with E-state index in [4.69, 9.17) is 0 Å². The highest BCUT2D eigenvalue weighted by molar-refractivity contribution is 5.95. The van der Waals surface area contributed by atoms with Crippen molar-refractivity contribution in [2.45, 2.75) is 58.0 Å². The van der Waals surface area contributed by atoms with Gasteiger partial charge < -0.3 is 10.4 Å². The first-order valence-electron chi connectivity index (χ1n) is 9.18. The number of nitrogens with one attached hydrogen (secondary N) is 2. The van der Waals surface area contributed by atoms with Crippen molar-refractivity contribution in [2.75, 3.05) is 13.1 Å². The van der Waals surface area contributed by atoms with Gasteiger partial charge in [0.25, 0.3) is 0 Å². The lowest BCUT2D eigenvalue weighted by Crippen LogP contribution is -2.48. The molecule has 0 radical (unpaired) electrons. The standard InChI is InChI=1S/C19H29N3O3/c1-2-12-22(13-15-8-6-7-11-17(15)23)14-18(24)21-19(25)20-16-9-4-3-5-10-16/h6-8,11,16,23H,2-5,9-10,12-14H2,1H3,(H2,20,21,24,25). The summed E-state index contributed by atoms with van der Waals surface area (Å²) in [5, 5.41) is 15.2. The second-order valence-corrected chi connectivity index (χ2v) is 6.70. The van der Waals surface area contributed by atoms with Crippen LogP contribution in [0.4, 0.5) is 4.79 Å². The van der Waals surface area contributed by atoms with Crippen molar-refractivity contribution in [1.29, 1.82) is 0 Å². The highest BCUT2D eigenvalue weighted by Crippen LogP contribution is 2.18. The zero-order chi connectivity index (χ0) is 18.1. The van der Waals surface area contributed by atoms with E-state index in [-0.39, 0.29) is 24.2 Å². The van der Waals surface area contributed by atoms with Gasteiger partial charge in [0.05, 0.1) is 6.54 Å². The zero-order valence-electron chi connectivity index (χ0n) is 15.0. The number of carbonyl (C=O) groups is 2. The van der Waals surface area contributed by atoms with Crippen LogP contribution in [0.1, 0.15) is 51.0 Å². The Morgan fingerprint density at radius 1 is 1.20 bits per heavy atom. The number of imide groups is 1. The van der Waals surface area contributed by atoms with Crippen LogP contribution in [-0.2, 0) is 11.3 Å². The molecule has 1 saturated carbocycles. The van der Waals surface area contributed by atoms with E-state index in [1.807, 2.05) is 24.0 Å². The molecule has 0 heterocycles. The fourth-order valence-corrected chi connectivity index (χ4v) is 3.25.